The minimum Gasteiger partial charge on any atom is -0.495 e. The second kappa shape index (κ2) is 13.0. The molecule has 4 rings (SSSR count). The van der Waals surface area contributed by atoms with Gasteiger partial charge in [0, 0.05) is 3.57 Å². The molecule has 0 unspecified atom stereocenters. The minimum absolute atomic E-state index is 0.0343. The van der Waals surface area contributed by atoms with E-state index in [2.05, 4.69) is 49.2 Å². The topological polar surface area (TPSA) is 106 Å². The fourth-order valence-corrected chi connectivity index (χ4v) is 4.71. The van der Waals surface area contributed by atoms with E-state index in [1.54, 1.807) is 36.4 Å². The van der Waals surface area contributed by atoms with Crippen LogP contribution in [-0.2, 0) is 16.2 Å². The van der Waals surface area contributed by atoms with Gasteiger partial charge in [-0.05, 0) is 99.0 Å². The molecule has 3 aromatic rings. The van der Waals surface area contributed by atoms with Crippen LogP contribution < -0.4 is 24.8 Å². The van der Waals surface area contributed by atoms with Gasteiger partial charge in [0.1, 0.15) is 24.6 Å². The Balaban J connectivity index is 1.49. The van der Waals surface area contributed by atoms with Crippen molar-refractivity contribution in [1.29, 1.82) is 0 Å². The zero-order valence-electron chi connectivity index (χ0n) is 21.1. The Kier molecular flexibility index (Phi) is 9.46. The highest BCUT2D eigenvalue weighted by Crippen LogP contribution is 2.38. The van der Waals surface area contributed by atoms with Gasteiger partial charge in [-0.15, -0.1) is 0 Å². The predicted octanol–water partition coefficient (Wildman–Crippen LogP) is 5.57. The van der Waals surface area contributed by atoms with Crippen molar-refractivity contribution >= 4 is 68.1 Å². The van der Waals surface area contributed by atoms with Gasteiger partial charge in [-0.2, -0.15) is 0 Å². The Morgan fingerprint density at radius 2 is 1.82 bits per heavy atom. The Hall–Kier alpha value is -3.58. The van der Waals surface area contributed by atoms with Crippen molar-refractivity contribution in [3.8, 4) is 17.2 Å². The number of hydrogen-bond acceptors (Lipinski definition) is 6. The molecule has 0 atom stereocenters. The zero-order valence-corrected chi connectivity index (χ0v) is 24.9. The molecule has 0 aliphatic carbocycles. The Labute approximate surface area is 247 Å². The number of benzene rings is 3. The summed E-state index contributed by atoms with van der Waals surface area (Å²) in [5, 5.41) is 5.20. The van der Waals surface area contributed by atoms with Crippen molar-refractivity contribution in [2.75, 3.05) is 25.6 Å². The van der Waals surface area contributed by atoms with Crippen LogP contribution in [0.4, 0.5) is 10.5 Å². The largest absolute Gasteiger partial charge is 0.495 e. The highest BCUT2D eigenvalue weighted by molar-refractivity contribution is 14.1. The number of nitrogens with one attached hydrogen (secondary N) is 2. The van der Waals surface area contributed by atoms with Crippen LogP contribution in [0.1, 0.15) is 18.1 Å². The molecule has 9 nitrogen and oxygen atoms in total. The van der Waals surface area contributed by atoms with E-state index < -0.39 is 24.4 Å². The molecule has 1 saturated heterocycles. The number of carbonyl (C=O) groups is 3. The minimum atomic E-state index is -0.692. The summed E-state index contributed by atoms with van der Waals surface area (Å²) in [4.78, 5) is 38.9. The standard InChI is InChI=1S/C28H25BrIN3O6/c1-3-38-24-14-18(12-20(29)26(24)39-16-17-8-10-19(30)11-9-17)13-22-27(35)33(28(36)32-22)15-25(34)31-21-6-4-5-7-23(21)37-2/h4-14H,3,15-16H2,1-2H3,(H,31,34)(H,32,36)/b22-13+. The molecule has 2 N–H and O–H groups in total. The molecular weight excluding hydrogens is 681 g/mol. The lowest BCUT2D eigenvalue weighted by molar-refractivity contribution is -0.127. The smallest absolute Gasteiger partial charge is 0.329 e. The number of nitrogens with zero attached hydrogens (tertiary/aromatic N) is 1. The van der Waals surface area contributed by atoms with E-state index in [0.717, 1.165) is 14.0 Å². The lowest BCUT2D eigenvalue weighted by Gasteiger charge is -2.15. The van der Waals surface area contributed by atoms with Crippen LogP contribution in [0.3, 0.4) is 0 Å². The maximum absolute atomic E-state index is 13.0. The first kappa shape index (κ1) is 28.4. The maximum atomic E-state index is 13.0. The van der Waals surface area contributed by atoms with E-state index in [4.69, 9.17) is 14.2 Å². The highest BCUT2D eigenvalue weighted by atomic mass is 127. The summed E-state index contributed by atoms with van der Waals surface area (Å²) in [6.07, 6.45) is 1.52. The first-order valence-corrected chi connectivity index (χ1v) is 13.8. The van der Waals surface area contributed by atoms with Gasteiger partial charge in [0.25, 0.3) is 5.91 Å². The summed E-state index contributed by atoms with van der Waals surface area (Å²) >= 11 is 5.78. The number of urea groups is 1. The van der Waals surface area contributed by atoms with Crippen molar-refractivity contribution in [3.63, 3.8) is 0 Å². The highest BCUT2D eigenvalue weighted by Gasteiger charge is 2.35. The van der Waals surface area contributed by atoms with Crippen molar-refractivity contribution in [2.24, 2.45) is 0 Å². The summed E-state index contributed by atoms with van der Waals surface area (Å²) in [7, 11) is 1.48. The van der Waals surface area contributed by atoms with E-state index in [9.17, 15) is 14.4 Å². The summed E-state index contributed by atoms with van der Waals surface area (Å²) in [5.41, 5.74) is 2.07. The summed E-state index contributed by atoms with van der Waals surface area (Å²) in [5.74, 6) is 0.303. The van der Waals surface area contributed by atoms with E-state index >= 15 is 0 Å². The third kappa shape index (κ3) is 7.09. The SMILES string of the molecule is CCOc1cc(/C=C2/NC(=O)N(CC(=O)Nc3ccccc3OC)C2=O)cc(Br)c1OCc1ccc(I)cc1. The van der Waals surface area contributed by atoms with E-state index in [0.29, 0.717) is 46.2 Å². The van der Waals surface area contributed by atoms with Crippen LogP contribution in [0, 0.1) is 3.57 Å². The molecule has 1 heterocycles. The first-order valence-electron chi connectivity index (χ1n) is 11.9. The van der Waals surface area contributed by atoms with E-state index in [1.807, 2.05) is 31.2 Å². The molecule has 0 spiro atoms. The molecule has 11 heteroatoms. The molecule has 0 saturated carbocycles. The lowest BCUT2D eigenvalue weighted by atomic mass is 10.1. The van der Waals surface area contributed by atoms with Crippen molar-refractivity contribution < 1.29 is 28.6 Å². The number of imide groups is 1. The second-order valence-corrected chi connectivity index (χ2v) is 10.4. The van der Waals surface area contributed by atoms with E-state index in [1.165, 1.54) is 13.2 Å². The zero-order chi connectivity index (χ0) is 27.9. The number of amides is 4. The van der Waals surface area contributed by atoms with Crippen molar-refractivity contribution in [3.05, 3.63) is 85.5 Å². The number of rotatable bonds is 10. The fourth-order valence-electron chi connectivity index (χ4n) is 3.77. The summed E-state index contributed by atoms with van der Waals surface area (Å²) < 4.78 is 18.8. The Bertz CT molecular complexity index is 1430. The molecule has 4 amide bonds. The van der Waals surface area contributed by atoms with Crippen molar-refractivity contribution in [2.45, 2.75) is 13.5 Å². The van der Waals surface area contributed by atoms with Crippen molar-refractivity contribution in [1.82, 2.24) is 10.2 Å². The Morgan fingerprint density at radius 1 is 1.08 bits per heavy atom. The number of halogens is 2. The average molecular weight is 706 g/mol. The van der Waals surface area contributed by atoms with Crippen LogP contribution >= 0.6 is 38.5 Å². The van der Waals surface area contributed by atoms with Crippen LogP contribution in [0.2, 0.25) is 0 Å². The maximum Gasteiger partial charge on any atom is 0.329 e. The second-order valence-electron chi connectivity index (χ2n) is 8.31. The van der Waals surface area contributed by atoms with Gasteiger partial charge in [0.05, 0.1) is 23.9 Å². The van der Waals surface area contributed by atoms with Crippen LogP contribution in [-0.4, -0.2) is 43.0 Å². The number of ether oxygens (including phenoxy) is 3. The average Bonchev–Trinajstić information content (AvgIpc) is 3.16. The lowest BCUT2D eigenvalue weighted by Crippen LogP contribution is -2.38. The van der Waals surface area contributed by atoms with Crippen LogP contribution in [0.15, 0.2) is 70.8 Å². The van der Waals surface area contributed by atoms with Gasteiger partial charge in [0.2, 0.25) is 5.91 Å². The van der Waals surface area contributed by atoms with Gasteiger partial charge < -0.3 is 24.8 Å². The molecule has 1 fully saturated rings. The molecule has 3 aromatic carbocycles. The van der Waals surface area contributed by atoms with Gasteiger partial charge in [-0.1, -0.05) is 24.3 Å². The summed E-state index contributed by atoms with van der Waals surface area (Å²) in [6.45, 7) is 2.14. The third-order valence-electron chi connectivity index (χ3n) is 5.58. The van der Waals surface area contributed by atoms with Crippen LogP contribution in [0.25, 0.3) is 6.08 Å². The normalized spacial score (nSPS) is 13.8. The summed E-state index contributed by atoms with van der Waals surface area (Å²) in [6, 6.07) is 17.6. The molecular formula is C28H25BrIN3O6. The monoisotopic (exact) mass is 705 g/mol. The number of para-hydroxylation sites is 2. The first-order chi connectivity index (χ1) is 18.8. The van der Waals surface area contributed by atoms with Gasteiger partial charge in [-0.25, -0.2) is 9.69 Å². The number of anilines is 1. The third-order valence-corrected chi connectivity index (χ3v) is 6.89. The molecule has 0 radical (unpaired) electrons. The fraction of sp³-hybridized carbons (Fsp3) is 0.179. The predicted molar refractivity (Wildman–Crippen MR) is 159 cm³/mol. The van der Waals surface area contributed by atoms with Crippen LogP contribution in [0.5, 0.6) is 17.2 Å². The molecule has 1 aliphatic rings. The van der Waals surface area contributed by atoms with Gasteiger partial charge in [-0.3, -0.25) is 9.59 Å². The molecule has 1 aliphatic heterocycles. The number of methoxy groups -OCH3 is 1. The molecule has 0 bridgehead atoms. The van der Waals surface area contributed by atoms with Gasteiger partial charge >= 0.3 is 6.03 Å². The molecule has 202 valence electrons. The molecule has 39 heavy (non-hydrogen) atoms. The number of carbonyl (C=O) groups excluding carboxylic acids is 3. The molecule has 0 aromatic heterocycles. The van der Waals surface area contributed by atoms with Gasteiger partial charge in [0.15, 0.2) is 11.5 Å². The number of hydrogen-bond donors (Lipinski definition) is 2. The quantitative estimate of drug-likeness (QED) is 0.162. The Morgan fingerprint density at radius 3 is 2.54 bits per heavy atom. The van der Waals surface area contributed by atoms with E-state index in [-0.39, 0.29) is 5.70 Å².